The molecular weight excluding hydrogens is 288 g/mol. The molecule has 0 radical (unpaired) electrons. The fraction of sp³-hybridized carbons (Fsp3) is 0.368. The van der Waals surface area contributed by atoms with Crippen LogP contribution < -0.4 is 5.32 Å². The quantitative estimate of drug-likeness (QED) is 0.379. The number of hydrogen-bond acceptors (Lipinski definition) is 4. The molecule has 0 fully saturated rings. The van der Waals surface area contributed by atoms with Crippen LogP contribution in [0.4, 0.5) is 0 Å². The molecule has 0 saturated carbocycles. The molecule has 1 N–H and O–H groups in total. The van der Waals surface area contributed by atoms with Gasteiger partial charge in [-0.1, -0.05) is 24.3 Å². The fourth-order valence-electron chi connectivity index (χ4n) is 3.02. The molecule has 4 nitrogen and oxygen atoms in total. The summed E-state index contributed by atoms with van der Waals surface area (Å²) in [5.41, 5.74) is 4.13. The first kappa shape index (κ1) is 17.0. The van der Waals surface area contributed by atoms with Crippen molar-refractivity contribution in [2.24, 2.45) is 4.99 Å². The van der Waals surface area contributed by atoms with Gasteiger partial charge in [-0.05, 0) is 50.1 Å². The van der Waals surface area contributed by atoms with E-state index in [-0.39, 0.29) is 5.97 Å². The van der Waals surface area contributed by atoms with Gasteiger partial charge >= 0.3 is 5.97 Å². The highest BCUT2D eigenvalue weighted by molar-refractivity contribution is 5.92. The third-order valence-corrected chi connectivity index (χ3v) is 4.26. The summed E-state index contributed by atoms with van der Waals surface area (Å²) >= 11 is 0. The molecule has 2 rings (SSSR count). The molecule has 0 unspecified atom stereocenters. The normalized spacial score (nSPS) is 18.1. The second-order valence-electron chi connectivity index (χ2n) is 5.70. The van der Waals surface area contributed by atoms with Gasteiger partial charge in [0.15, 0.2) is 0 Å². The number of esters is 1. The largest absolute Gasteiger partial charge is 0.465 e. The Bertz CT molecular complexity index is 632. The van der Waals surface area contributed by atoms with Crippen LogP contribution in [0.15, 0.2) is 52.8 Å². The van der Waals surface area contributed by atoms with Gasteiger partial charge in [0.1, 0.15) is 0 Å². The van der Waals surface area contributed by atoms with Crippen LogP contribution in [0.25, 0.3) is 0 Å². The van der Waals surface area contributed by atoms with Gasteiger partial charge in [0, 0.05) is 24.4 Å². The third-order valence-electron chi connectivity index (χ3n) is 4.26. The van der Waals surface area contributed by atoms with Crippen LogP contribution in [0.1, 0.15) is 36.8 Å². The van der Waals surface area contributed by atoms with E-state index in [4.69, 9.17) is 4.74 Å². The molecule has 1 aromatic rings. The zero-order chi connectivity index (χ0) is 16.7. The van der Waals surface area contributed by atoms with Crippen LogP contribution in [0.5, 0.6) is 0 Å². The summed E-state index contributed by atoms with van der Waals surface area (Å²) in [6, 6.07) is 8.62. The van der Waals surface area contributed by atoms with Crippen LogP contribution in [0.3, 0.4) is 0 Å². The summed E-state index contributed by atoms with van der Waals surface area (Å²) in [4.78, 5) is 15.5. The van der Waals surface area contributed by atoms with Crippen molar-refractivity contribution >= 4 is 12.7 Å². The van der Waals surface area contributed by atoms with Crippen molar-refractivity contribution in [2.45, 2.75) is 32.1 Å². The van der Waals surface area contributed by atoms with Gasteiger partial charge in [-0.3, -0.25) is 4.99 Å². The molecule has 0 aromatic heterocycles. The van der Waals surface area contributed by atoms with Crippen molar-refractivity contribution in [1.82, 2.24) is 5.32 Å². The summed E-state index contributed by atoms with van der Waals surface area (Å²) < 4.78 is 4.83. The molecular formula is C19H24N2O2. The highest BCUT2D eigenvalue weighted by atomic mass is 16.5. The van der Waals surface area contributed by atoms with Crippen LogP contribution >= 0.6 is 0 Å². The maximum absolute atomic E-state index is 11.9. The highest BCUT2D eigenvalue weighted by Gasteiger charge is 2.20. The van der Waals surface area contributed by atoms with E-state index >= 15 is 0 Å². The molecule has 4 heteroatoms. The number of fused-ring (bicyclic) bond motifs is 1. The van der Waals surface area contributed by atoms with Gasteiger partial charge in [0.25, 0.3) is 0 Å². The Labute approximate surface area is 138 Å². The van der Waals surface area contributed by atoms with E-state index in [1.54, 1.807) is 6.08 Å². The van der Waals surface area contributed by atoms with Crippen molar-refractivity contribution in [3.63, 3.8) is 0 Å². The smallest absolute Gasteiger partial charge is 0.339 e. The molecule has 0 spiro atoms. The van der Waals surface area contributed by atoms with Crippen molar-refractivity contribution in [2.75, 3.05) is 13.7 Å². The first-order valence-electron chi connectivity index (χ1n) is 7.90. The minimum absolute atomic E-state index is 0.376. The van der Waals surface area contributed by atoms with Crippen LogP contribution in [-0.2, 0) is 16.0 Å². The van der Waals surface area contributed by atoms with Crippen LogP contribution in [0, 0.1) is 0 Å². The number of aryl methyl sites for hydroxylation is 1. The van der Waals surface area contributed by atoms with Crippen molar-refractivity contribution in [3.8, 4) is 0 Å². The Kier molecular flexibility index (Phi) is 6.15. The number of nitrogens with one attached hydrogen (secondary N) is 1. The van der Waals surface area contributed by atoms with Crippen molar-refractivity contribution in [3.05, 3.63) is 58.9 Å². The van der Waals surface area contributed by atoms with Crippen molar-refractivity contribution < 1.29 is 9.53 Å². The lowest BCUT2D eigenvalue weighted by Gasteiger charge is -2.26. The molecule has 0 bridgehead atoms. The van der Waals surface area contributed by atoms with Gasteiger partial charge < -0.3 is 10.1 Å². The maximum Gasteiger partial charge on any atom is 0.339 e. The Morgan fingerprint density at radius 1 is 1.48 bits per heavy atom. The van der Waals surface area contributed by atoms with Crippen LogP contribution in [0.2, 0.25) is 0 Å². The predicted octanol–water partition coefficient (Wildman–Crippen LogP) is 3.36. The minimum atomic E-state index is -0.376. The molecule has 0 heterocycles. The van der Waals surface area contributed by atoms with E-state index in [0.717, 1.165) is 25.1 Å². The average Bonchev–Trinajstić information content (AvgIpc) is 2.59. The van der Waals surface area contributed by atoms with E-state index < -0.39 is 0 Å². The zero-order valence-electron chi connectivity index (χ0n) is 13.8. The summed E-state index contributed by atoms with van der Waals surface area (Å²) in [5, 5.41) is 3.38. The number of methoxy groups -OCH3 is 1. The number of benzene rings is 1. The zero-order valence-corrected chi connectivity index (χ0v) is 13.8. The predicted molar refractivity (Wildman–Crippen MR) is 93.5 cm³/mol. The Morgan fingerprint density at radius 2 is 2.26 bits per heavy atom. The maximum atomic E-state index is 11.9. The number of nitrogens with zero attached hydrogens (tertiary/aromatic N) is 1. The van der Waals surface area contributed by atoms with Gasteiger partial charge in [0.2, 0.25) is 0 Å². The first-order chi connectivity index (χ1) is 11.2. The Hall–Kier alpha value is -2.36. The minimum Gasteiger partial charge on any atom is -0.465 e. The van der Waals surface area contributed by atoms with E-state index in [9.17, 15) is 4.79 Å². The Balaban J connectivity index is 2.12. The summed E-state index contributed by atoms with van der Waals surface area (Å²) in [6.45, 7) is 6.08. The molecule has 1 aliphatic carbocycles. The molecule has 0 aliphatic heterocycles. The second-order valence-corrected chi connectivity index (χ2v) is 5.70. The van der Waals surface area contributed by atoms with Gasteiger partial charge in [-0.25, -0.2) is 4.79 Å². The number of carbonyl (C=O) groups excluding carboxylic acids is 1. The third kappa shape index (κ3) is 4.31. The second kappa shape index (κ2) is 8.32. The molecule has 1 aromatic carbocycles. The molecule has 1 atom stereocenters. The summed E-state index contributed by atoms with van der Waals surface area (Å²) in [7, 11) is 1.38. The topological polar surface area (TPSA) is 50.7 Å². The fourth-order valence-corrected chi connectivity index (χ4v) is 3.02. The van der Waals surface area contributed by atoms with E-state index in [0.29, 0.717) is 11.5 Å². The van der Waals surface area contributed by atoms with E-state index in [1.165, 1.54) is 30.9 Å². The molecule has 23 heavy (non-hydrogen) atoms. The van der Waals surface area contributed by atoms with Crippen LogP contribution in [-0.4, -0.2) is 26.3 Å². The van der Waals surface area contributed by atoms with Gasteiger partial charge in [-0.2, -0.15) is 0 Å². The standard InChI is InChI=1S/C19H24N2O2/c1-14(17(11-12-20-2)19(22)23-3)21-13-16-9-6-8-15-7-4-5-10-18(15)16/h4-5,7,10-12,16,21H,2,6,8-9,13H2,1,3H3/b12-11-,17-14-/t16-/m0/s1. The number of rotatable bonds is 6. The lowest BCUT2D eigenvalue weighted by molar-refractivity contribution is -0.135. The average molecular weight is 312 g/mol. The van der Waals surface area contributed by atoms with Gasteiger partial charge in [-0.15, -0.1) is 0 Å². The SMILES string of the molecule is C=N/C=C\C(C(=O)OC)=C(/C)NC[C@@H]1CCCc2ccccc21. The summed E-state index contributed by atoms with van der Waals surface area (Å²) in [6.07, 6.45) is 6.64. The molecule has 122 valence electrons. The first-order valence-corrected chi connectivity index (χ1v) is 7.90. The molecule has 0 amide bonds. The Morgan fingerprint density at radius 3 is 3.00 bits per heavy atom. The lowest BCUT2D eigenvalue weighted by atomic mass is 9.83. The lowest BCUT2D eigenvalue weighted by Crippen LogP contribution is -2.25. The molecule has 1 aliphatic rings. The number of aliphatic imine (C=N–C) groups is 1. The van der Waals surface area contributed by atoms with E-state index in [2.05, 4.69) is 41.3 Å². The van der Waals surface area contributed by atoms with Crippen molar-refractivity contribution in [1.29, 1.82) is 0 Å². The highest BCUT2D eigenvalue weighted by Crippen LogP contribution is 2.31. The number of ether oxygens (including phenoxy) is 1. The molecule has 0 saturated heterocycles. The number of carbonyl (C=O) groups is 1. The number of hydrogen-bond donors (Lipinski definition) is 1. The number of allylic oxidation sites excluding steroid dienone is 1. The van der Waals surface area contributed by atoms with Gasteiger partial charge in [0.05, 0.1) is 12.7 Å². The van der Waals surface area contributed by atoms with E-state index in [1.807, 2.05) is 6.92 Å². The monoisotopic (exact) mass is 312 g/mol. The summed E-state index contributed by atoms with van der Waals surface area (Å²) in [5.74, 6) is 0.0919.